The summed E-state index contributed by atoms with van der Waals surface area (Å²) in [4.78, 5) is 31.9. The molecule has 0 saturated heterocycles. The number of nitrogen functional groups attached to an aromatic ring is 1. The third-order valence-electron chi connectivity index (χ3n) is 6.50. The van der Waals surface area contributed by atoms with Gasteiger partial charge >= 0.3 is 0 Å². The van der Waals surface area contributed by atoms with Gasteiger partial charge in [-0.15, -0.1) is 0 Å². The first kappa shape index (κ1) is 26.9. The normalized spacial score (nSPS) is 11.8. The van der Waals surface area contributed by atoms with Gasteiger partial charge in [-0.1, -0.05) is 54.8 Å². The van der Waals surface area contributed by atoms with Gasteiger partial charge in [0.05, 0.1) is 23.2 Å². The molecule has 0 aliphatic heterocycles. The lowest BCUT2D eigenvalue weighted by atomic mass is 10.0. The fraction of sp³-hybridized carbons (Fsp3) is 0.129. The molecule has 2 aromatic carbocycles. The molecular weight excluding hydrogens is 516 g/mol. The van der Waals surface area contributed by atoms with Crippen LogP contribution >= 0.6 is 0 Å². The van der Waals surface area contributed by atoms with E-state index in [-0.39, 0.29) is 16.9 Å². The number of rotatable bonds is 6. The van der Waals surface area contributed by atoms with Crippen molar-refractivity contribution in [2.75, 3.05) is 5.73 Å². The second-order valence-electron chi connectivity index (χ2n) is 9.38. The van der Waals surface area contributed by atoms with E-state index in [9.17, 15) is 9.59 Å². The number of hydrogen-bond donors (Lipinski definition) is 2. The summed E-state index contributed by atoms with van der Waals surface area (Å²) in [7, 11) is 3.47. The number of carbonyl (C=O) groups is 1. The third kappa shape index (κ3) is 5.29. The van der Waals surface area contributed by atoms with Crippen LogP contribution in [-0.2, 0) is 14.1 Å². The van der Waals surface area contributed by atoms with E-state index in [2.05, 4.69) is 38.9 Å². The van der Waals surface area contributed by atoms with Crippen molar-refractivity contribution in [2.45, 2.75) is 13.0 Å². The largest absolute Gasteiger partial charge is 0.381 e. The topological polar surface area (TPSA) is 125 Å². The highest BCUT2D eigenvalue weighted by Gasteiger charge is 2.24. The Bertz CT molecular complexity index is 1930. The number of aryl methyl sites for hydroxylation is 2. The van der Waals surface area contributed by atoms with E-state index in [1.807, 2.05) is 74.8 Å². The van der Waals surface area contributed by atoms with Crippen LogP contribution in [0.25, 0.3) is 16.5 Å². The summed E-state index contributed by atoms with van der Waals surface area (Å²) >= 11 is 0. The van der Waals surface area contributed by atoms with Crippen LogP contribution in [0.5, 0.6) is 0 Å². The van der Waals surface area contributed by atoms with E-state index >= 15 is 0 Å². The Morgan fingerprint density at radius 2 is 1.93 bits per heavy atom. The van der Waals surface area contributed by atoms with Crippen molar-refractivity contribution < 1.29 is 4.79 Å². The summed E-state index contributed by atoms with van der Waals surface area (Å²) in [6.07, 6.45) is 6.44. The predicted molar refractivity (Wildman–Crippen MR) is 161 cm³/mol. The number of carbonyl (C=O) groups excluding carboxylic acids is 1. The molecule has 5 aromatic rings. The van der Waals surface area contributed by atoms with E-state index in [1.54, 1.807) is 22.5 Å². The van der Waals surface area contributed by atoms with E-state index in [0.717, 1.165) is 5.56 Å². The highest BCUT2D eigenvalue weighted by Crippen LogP contribution is 2.27. The Labute approximate surface area is 236 Å². The summed E-state index contributed by atoms with van der Waals surface area (Å²) in [6.45, 7) is 5.43. The van der Waals surface area contributed by atoms with Crippen LogP contribution < -0.4 is 16.6 Å². The maximum atomic E-state index is 14.2. The van der Waals surface area contributed by atoms with Crippen molar-refractivity contribution in [3.8, 4) is 17.5 Å². The molecule has 0 fully saturated rings. The molecule has 0 bridgehead atoms. The summed E-state index contributed by atoms with van der Waals surface area (Å²) < 4.78 is 4.70. The quantitative estimate of drug-likeness (QED) is 0.248. The van der Waals surface area contributed by atoms with Gasteiger partial charge in [0.1, 0.15) is 5.56 Å². The molecule has 0 spiro atoms. The Balaban J connectivity index is 1.63. The van der Waals surface area contributed by atoms with Crippen molar-refractivity contribution in [3.05, 3.63) is 112 Å². The molecule has 10 heteroatoms. The fourth-order valence-electron chi connectivity index (χ4n) is 4.64. The van der Waals surface area contributed by atoms with Gasteiger partial charge in [0.25, 0.3) is 11.5 Å². The maximum Gasteiger partial charge on any atom is 0.264 e. The van der Waals surface area contributed by atoms with Gasteiger partial charge in [-0.2, -0.15) is 10.2 Å². The molecule has 0 aliphatic rings. The number of para-hydroxylation sites is 1. The predicted octanol–water partition coefficient (Wildman–Crippen LogP) is 3.82. The van der Waals surface area contributed by atoms with Crippen LogP contribution in [0.15, 0.2) is 89.4 Å². The van der Waals surface area contributed by atoms with Crippen molar-refractivity contribution >= 4 is 34.5 Å². The number of hydrogen-bond acceptors (Lipinski definition) is 6. The van der Waals surface area contributed by atoms with E-state index < -0.39 is 11.9 Å². The van der Waals surface area contributed by atoms with Gasteiger partial charge in [-0.05, 0) is 36.6 Å². The molecule has 3 N–H and O–H groups in total. The van der Waals surface area contributed by atoms with Crippen molar-refractivity contribution in [1.29, 1.82) is 0 Å². The Kier molecular flexibility index (Phi) is 7.35. The van der Waals surface area contributed by atoms with Gasteiger partial charge in [0.2, 0.25) is 0 Å². The van der Waals surface area contributed by atoms with Crippen LogP contribution in [-0.4, -0.2) is 36.2 Å². The van der Waals surface area contributed by atoms with Crippen LogP contribution in [0.1, 0.15) is 40.1 Å². The summed E-state index contributed by atoms with van der Waals surface area (Å²) in [5, 5.41) is 12.5. The molecule has 204 valence electrons. The molecule has 5 rings (SSSR count). The Morgan fingerprint density at radius 3 is 2.63 bits per heavy atom. The fourth-order valence-corrected chi connectivity index (χ4v) is 4.64. The van der Waals surface area contributed by atoms with Crippen LogP contribution in [0.4, 0.5) is 11.6 Å². The summed E-state index contributed by atoms with van der Waals surface area (Å²) in [5.74, 6) is 6.10. The number of allylic oxidation sites excluding steroid dienone is 1. The standard InChI is InChI=1S/C31H28N8O2/c1-5-16-33-29-27(28(32)36-38(29)4)30(40)35-20(2)25-17-23-11-9-10-22(15-14-21-18-34-37(3)19-21)26(23)31(41)39(25)24-12-7-6-8-13-24/h5-13,16-20H,1H2,2-4H3,(H2,32,36)(H,35,40)/b33-16-. The zero-order chi connectivity index (χ0) is 29.1. The second-order valence-corrected chi connectivity index (χ2v) is 9.38. The molecule has 1 amide bonds. The monoisotopic (exact) mass is 544 g/mol. The van der Waals surface area contributed by atoms with Gasteiger partial charge in [0, 0.05) is 43.5 Å². The number of nitrogens with one attached hydrogen (secondary N) is 1. The third-order valence-corrected chi connectivity index (χ3v) is 6.50. The molecule has 0 radical (unpaired) electrons. The number of nitrogens with two attached hydrogens (primary N) is 1. The van der Waals surface area contributed by atoms with Crippen LogP contribution in [0.2, 0.25) is 0 Å². The number of aromatic nitrogens is 5. The zero-order valence-corrected chi connectivity index (χ0v) is 22.9. The lowest BCUT2D eigenvalue weighted by molar-refractivity contribution is 0.0940. The number of pyridine rings is 1. The van der Waals surface area contributed by atoms with E-state index in [4.69, 9.17) is 5.73 Å². The molecule has 41 heavy (non-hydrogen) atoms. The molecule has 1 atom stereocenters. The average molecular weight is 545 g/mol. The number of anilines is 1. The number of amides is 1. The van der Waals surface area contributed by atoms with Crippen molar-refractivity contribution in [1.82, 2.24) is 29.4 Å². The van der Waals surface area contributed by atoms with E-state index in [1.165, 1.54) is 17.0 Å². The number of fused-ring (bicyclic) bond motifs is 1. The maximum absolute atomic E-state index is 14.2. The van der Waals surface area contributed by atoms with E-state index in [0.29, 0.717) is 33.5 Å². The molecule has 3 heterocycles. The first-order chi connectivity index (χ1) is 19.8. The lowest BCUT2D eigenvalue weighted by Gasteiger charge is -2.21. The zero-order valence-electron chi connectivity index (χ0n) is 22.9. The molecular formula is C31H28N8O2. The SMILES string of the molecule is C=C/C=N\c1c(C(=O)NC(C)c2cc3cccc(C#Cc4cnn(C)c4)c3c(=O)n2-c2ccccc2)c(N)nn1C. The first-order valence-electron chi connectivity index (χ1n) is 12.8. The van der Waals surface area contributed by atoms with Gasteiger partial charge in [0.15, 0.2) is 11.6 Å². The summed E-state index contributed by atoms with van der Waals surface area (Å²) in [5.41, 5.74) is 8.53. The first-order valence-corrected chi connectivity index (χ1v) is 12.8. The second kappa shape index (κ2) is 11.2. The highest BCUT2D eigenvalue weighted by molar-refractivity contribution is 6.03. The molecule has 0 saturated carbocycles. The van der Waals surface area contributed by atoms with Crippen LogP contribution in [0, 0.1) is 11.8 Å². The summed E-state index contributed by atoms with van der Waals surface area (Å²) in [6, 6.07) is 16.1. The number of nitrogens with zero attached hydrogens (tertiary/aromatic N) is 6. The lowest BCUT2D eigenvalue weighted by Crippen LogP contribution is -2.32. The Morgan fingerprint density at radius 1 is 1.15 bits per heavy atom. The molecule has 1 unspecified atom stereocenters. The van der Waals surface area contributed by atoms with Crippen molar-refractivity contribution in [2.24, 2.45) is 19.1 Å². The molecule has 10 nitrogen and oxygen atoms in total. The van der Waals surface area contributed by atoms with Gasteiger partial charge in [-0.3, -0.25) is 18.8 Å². The minimum Gasteiger partial charge on any atom is -0.381 e. The number of aliphatic imine (C=N–C) groups is 1. The smallest absolute Gasteiger partial charge is 0.264 e. The van der Waals surface area contributed by atoms with Gasteiger partial charge < -0.3 is 11.1 Å². The van der Waals surface area contributed by atoms with Crippen molar-refractivity contribution in [3.63, 3.8) is 0 Å². The minimum atomic E-state index is -0.597. The highest BCUT2D eigenvalue weighted by atomic mass is 16.2. The minimum absolute atomic E-state index is 0.0456. The molecule has 3 aromatic heterocycles. The molecule has 0 aliphatic carbocycles. The number of benzene rings is 2. The Hall–Kier alpha value is -5.69. The average Bonchev–Trinajstić information content (AvgIpc) is 3.51. The van der Waals surface area contributed by atoms with Crippen LogP contribution in [0.3, 0.4) is 0 Å². The van der Waals surface area contributed by atoms with Gasteiger partial charge in [-0.25, -0.2) is 9.67 Å².